The van der Waals surface area contributed by atoms with E-state index in [1.165, 1.54) is 15.8 Å². The van der Waals surface area contributed by atoms with Crippen molar-refractivity contribution in [3.63, 3.8) is 0 Å². The third-order valence-corrected chi connectivity index (χ3v) is 6.29. The number of thiazole rings is 1. The van der Waals surface area contributed by atoms with Crippen LogP contribution >= 0.6 is 11.3 Å². The molecule has 2 aromatic rings. The highest BCUT2D eigenvalue weighted by molar-refractivity contribution is 7.22. The molecule has 0 bridgehead atoms. The molecule has 2 aliphatic heterocycles. The lowest BCUT2D eigenvalue weighted by Gasteiger charge is -2.29. The highest BCUT2D eigenvalue weighted by Crippen LogP contribution is 2.34. The Balaban J connectivity index is 1.50. The van der Waals surface area contributed by atoms with Crippen LogP contribution in [-0.2, 0) is 9.53 Å². The number of aromatic nitrogens is 1. The summed E-state index contributed by atoms with van der Waals surface area (Å²) in [6.07, 6.45) is 0.921. The SMILES string of the molecule is Cc1ccc2sc(N3CCC(C(=O)N4CCOCC4)C3)nc2c1C. The fraction of sp³-hybridized carbons (Fsp3) is 0.556. The Morgan fingerprint density at radius 1 is 1.25 bits per heavy atom. The van der Waals surface area contributed by atoms with Crippen LogP contribution in [-0.4, -0.2) is 55.2 Å². The molecular formula is C18H23N3O2S. The number of amides is 1. The van der Waals surface area contributed by atoms with Gasteiger partial charge in [-0.3, -0.25) is 4.79 Å². The van der Waals surface area contributed by atoms with Gasteiger partial charge in [-0.25, -0.2) is 4.98 Å². The molecule has 1 aromatic heterocycles. The summed E-state index contributed by atoms with van der Waals surface area (Å²) in [4.78, 5) is 21.8. The smallest absolute Gasteiger partial charge is 0.227 e. The van der Waals surface area contributed by atoms with E-state index in [1.54, 1.807) is 11.3 Å². The first-order chi connectivity index (χ1) is 11.6. The Morgan fingerprint density at radius 3 is 2.83 bits per heavy atom. The van der Waals surface area contributed by atoms with Crippen LogP contribution in [0.2, 0.25) is 0 Å². The molecule has 0 saturated carbocycles. The van der Waals surface area contributed by atoms with Gasteiger partial charge in [0.15, 0.2) is 5.13 Å². The molecule has 4 rings (SSSR count). The number of carbonyl (C=O) groups excluding carboxylic acids is 1. The van der Waals surface area contributed by atoms with Crippen molar-refractivity contribution in [1.82, 2.24) is 9.88 Å². The second kappa shape index (κ2) is 6.33. The highest BCUT2D eigenvalue weighted by Gasteiger charge is 2.33. The Morgan fingerprint density at radius 2 is 2.04 bits per heavy atom. The maximum atomic E-state index is 12.7. The van der Waals surface area contributed by atoms with Crippen LogP contribution in [0, 0.1) is 19.8 Å². The van der Waals surface area contributed by atoms with E-state index in [2.05, 4.69) is 30.9 Å². The second-order valence-corrected chi connectivity index (χ2v) is 7.73. The van der Waals surface area contributed by atoms with Gasteiger partial charge in [0.1, 0.15) is 0 Å². The van der Waals surface area contributed by atoms with E-state index >= 15 is 0 Å². The summed E-state index contributed by atoms with van der Waals surface area (Å²) in [7, 11) is 0. The predicted molar refractivity (Wildman–Crippen MR) is 96.8 cm³/mol. The summed E-state index contributed by atoms with van der Waals surface area (Å²) in [6, 6.07) is 4.32. The minimum absolute atomic E-state index is 0.0953. The van der Waals surface area contributed by atoms with Crippen molar-refractivity contribution in [2.24, 2.45) is 5.92 Å². The number of hydrogen-bond donors (Lipinski definition) is 0. The number of nitrogens with zero attached hydrogens (tertiary/aromatic N) is 3. The van der Waals surface area contributed by atoms with Gasteiger partial charge in [-0.2, -0.15) is 0 Å². The lowest BCUT2D eigenvalue weighted by molar-refractivity contribution is -0.138. The zero-order valence-electron chi connectivity index (χ0n) is 14.2. The molecule has 2 saturated heterocycles. The Bertz CT molecular complexity index is 767. The number of carbonyl (C=O) groups is 1. The zero-order chi connectivity index (χ0) is 16.7. The van der Waals surface area contributed by atoms with E-state index in [-0.39, 0.29) is 11.8 Å². The number of rotatable bonds is 2. The minimum atomic E-state index is 0.0953. The first-order valence-electron chi connectivity index (χ1n) is 8.61. The molecular weight excluding hydrogens is 322 g/mol. The molecule has 2 fully saturated rings. The van der Waals surface area contributed by atoms with E-state index in [4.69, 9.17) is 9.72 Å². The topological polar surface area (TPSA) is 45.7 Å². The van der Waals surface area contributed by atoms with E-state index in [9.17, 15) is 4.79 Å². The van der Waals surface area contributed by atoms with Crippen molar-refractivity contribution in [3.05, 3.63) is 23.3 Å². The molecule has 0 N–H and O–H groups in total. The average molecular weight is 345 g/mol. The van der Waals surface area contributed by atoms with Crippen molar-refractivity contribution >= 4 is 32.6 Å². The van der Waals surface area contributed by atoms with Crippen LogP contribution in [0.25, 0.3) is 10.2 Å². The molecule has 1 unspecified atom stereocenters. The number of hydrogen-bond acceptors (Lipinski definition) is 5. The van der Waals surface area contributed by atoms with Gasteiger partial charge >= 0.3 is 0 Å². The number of benzene rings is 1. The summed E-state index contributed by atoms with van der Waals surface area (Å²) in [5.74, 6) is 0.381. The molecule has 1 aromatic carbocycles. The van der Waals surface area contributed by atoms with Crippen LogP contribution in [0.15, 0.2) is 12.1 Å². The van der Waals surface area contributed by atoms with Crippen LogP contribution in [0.1, 0.15) is 17.5 Å². The van der Waals surface area contributed by atoms with Gasteiger partial charge < -0.3 is 14.5 Å². The number of anilines is 1. The largest absolute Gasteiger partial charge is 0.378 e. The van der Waals surface area contributed by atoms with E-state index in [1.807, 2.05) is 4.90 Å². The monoisotopic (exact) mass is 345 g/mol. The van der Waals surface area contributed by atoms with Gasteiger partial charge in [0.2, 0.25) is 5.91 Å². The van der Waals surface area contributed by atoms with E-state index in [0.717, 1.165) is 43.2 Å². The van der Waals surface area contributed by atoms with Crippen LogP contribution < -0.4 is 4.90 Å². The van der Waals surface area contributed by atoms with Gasteiger partial charge in [0.05, 0.1) is 29.3 Å². The van der Waals surface area contributed by atoms with Gasteiger partial charge in [0, 0.05) is 26.2 Å². The molecule has 6 heteroatoms. The van der Waals surface area contributed by atoms with Crippen molar-refractivity contribution in [2.75, 3.05) is 44.3 Å². The van der Waals surface area contributed by atoms with Crippen molar-refractivity contribution in [1.29, 1.82) is 0 Å². The lowest BCUT2D eigenvalue weighted by Crippen LogP contribution is -2.44. The maximum absolute atomic E-state index is 12.7. The molecule has 0 spiro atoms. The molecule has 0 radical (unpaired) electrons. The first kappa shape index (κ1) is 15.8. The van der Waals surface area contributed by atoms with Crippen molar-refractivity contribution in [3.8, 4) is 0 Å². The molecule has 2 aliphatic rings. The van der Waals surface area contributed by atoms with E-state index < -0.39 is 0 Å². The Hall–Kier alpha value is -1.66. The predicted octanol–water partition coefficient (Wildman–Crippen LogP) is 2.60. The number of aryl methyl sites for hydroxylation is 2. The Kier molecular flexibility index (Phi) is 4.18. The Labute approximate surface area is 146 Å². The average Bonchev–Trinajstić information content (AvgIpc) is 3.25. The van der Waals surface area contributed by atoms with Crippen LogP contribution in [0.3, 0.4) is 0 Å². The maximum Gasteiger partial charge on any atom is 0.227 e. The van der Waals surface area contributed by atoms with Gasteiger partial charge in [0.25, 0.3) is 0 Å². The molecule has 24 heavy (non-hydrogen) atoms. The van der Waals surface area contributed by atoms with Crippen LogP contribution in [0.5, 0.6) is 0 Å². The molecule has 128 valence electrons. The van der Waals surface area contributed by atoms with Crippen LogP contribution in [0.4, 0.5) is 5.13 Å². The molecule has 3 heterocycles. The normalized spacial score (nSPS) is 21.7. The van der Waals surface area contributed by atoms with E-state index in [0.29, 0.717) is 13.2 Å². The lowest BCUT2D eigenvalue weighted by atomic mass is 10.1. The fourth-order valence-corrected chi connectivity index (χ4v) is 4.59. The third kappa shape index (κ3) is 2.78. The first-order valence-corrected chi connectivity index (χ1v) is 9.43. The molecule has 1 amide bonds. The minimum Gasteiger partial charge on any atom is -0.378 e. The molecule has 0 aliphatic carbocycles. The van der Waals surface area contributed by atoms with Crippen molar-refractivity contribution in [2.45, 2.75) is 20.3 Å². The third-order valence-electron chi connectivity index (χ3n) is 5.20. The quantitative estimate of drug-likeness (QED) is 0.839. The highest BCUT2D eigenvalue weighted by atomic mass is 32.1. The standard InChI is InChI=1S/C18H23N3O2S/c1-12-3-4-15-16(13(12)2)19-18(24-15)21-6-5-14(11-21)17(22)20-7-9-23-10-8-20/h3-4,14H,5-11H2,1-2H3. The van der Waals surface area contributed by atoms with Gasteiger partial charge in [-0.15, -0.1) is 0 Å². The molecule has 1 atom stereocenters. The summed E-state index contributed by atoms with van der Waals surface area (Å²) < 4.78 is 6.58. The summed E-state index contributed by atoms with van der Waals surface area (Å²) in [6.45, 7) is 8.75. The molecule has 5 nitrogen and oxygen atoms in total. The number of fused-ring (bicyclic) bond motifs is 1. The number of ether oxygens (including phenoxy) is 1. The van der Waals surface area contributed by atoms with Gasteiger partial charge in [-0.05, 0) is 37.5 Å². The fourth-order valence-electron chi connectivity index (χ4n) is 3.53. The van der Waals surface area contributed by atoms with Crippen molar-refractivity contribution < 1.29 is 9.53 Å². The number of morpholine rings is 1. The second-order valence-electron chi connectivity index (χ2n) is 6.72. The summed E-state index contributed by atoms with van der Waals surface area (Å²) in [5.41, 5.74) is 3.65. The summed E-state index contributed by atoms with van der Waals surface area (Å²) >= 11 is 1.74. The zero-order valence-corrected chi connectivity index (χ0v) is 15.1. The van der Waals surface area contributed by atoms with Gasteiger partial charge in [-0.1, -0.05) is 17.4 Å². The summed E-state index contributed by atoms with van der Waals surface area (Å²) in [5, 5.41) is 1.05.